The monoisotopic (exact) mass is 432 g/mol. The third-order valence-corrected chi connectivity index (χ3v) is 8.35. The molecule has 5 aromatic rings. The molecule has 0 aliphatic carbocycles. The van der Waals surface area contributed by atoms with Gasteiger partial charge in [0.05, 0.1) is 0 Å². The van der Waals surface area contributed by atoms with Crippen molar-refractivity contribution in [1.29, 1.82) is 0 Å². The van der Waals surface area contributed by atoms with Gasteiger partial charge in [0.25, 0.3) is 0 Å². The Kier molecular flexibility index (Phi) is 4.72. The normalized spacial score (nSPS) is 11.0. The average Bonchev–Trinajstić information content (AvgIpc) is 3.48. The van der Waals surface area contributed by atoms with E-state index >= 15 is 0 Å². The third-order valence-electron chi connectivity index (χ3n) is 4.61. The van der Waals surface area contributed by atoms with Crippen LogP contribution in [0.5, 0.6) is 11.5 Å². The fourth-order valence-electron chi connectivity index (χ4n) is 3.11. The second-order valence-corrected chi connectivity index (χ2v) is 9.84. The molecule has 5 rings (SSSR count). The fraction of sp³-hybridized carbons (Fsp3) is 0. The van der Waals surface area contributed by atoms with Crippen LogP contribution >= 0.6 is 34.0 Å². The van der Waals surface area contributed by atoms with Crippen LogP contribution in [-0.4, -0.2) is 10.2 Å². The highest BCUT2D eigenvalue weighted by molar-refractivity contribution is 7.27. The molecule has 0 amide bonds. The lowest BCUT2D eigenvalue weighted by Crippen LogP contribution is -1.69. The molecule has 0 aliphatic heterocycles. The molecule has 0 bridgehead atoms. The predicted octanol–water partition coefficient (Wildman–Crippen LogP) is 7.95. The van der Waals surface area contributed by atoms with Crippen molar-refractivity contribution in [2.24, 2.45) is 0 Å². The summed E-state index contributed by atoms with van der Waals surface area (Å²) in [5, 5.41) is 19.0. The molecule has 0 atom stereocenters. The van der Waals surface area contributed by atoms with Crippen molar-refractivity contribution < 1.29 is 10.2 Å². The van der Waals surface area contributed by atoms with Gasteiger partial charge in [0.1, 0.15) is 11.5 Å². The quantitative estimate of drug-likeness (QED) is 0.302. The first-order valence-electron chi connectivity index (χ1n) is 9.05. The van der Waals surface area contributed by atoms with E-state index in [4.69, 9.17) is 0 Å². The number of hydrogen-bond donors (Lipinski definition) is 2. The average molecular weight is 433 g/mol. The van der Waals surface area contributed by atoms with Crippen LogP contribution in [0.1, 0.15) is 0 Å². The summed E-state index contributed by atoms with van der Waals surface area (Å²) >= 11 is 5.33. The van der Waals surface area contributed by atoms with Crippen LogP contribution in [0.3, 0.4) is 0 Å². The minimum atomic E-state index is 0.288. The summed E-state index contributed by atoms with van der Waals surface area (Å²) in [7, 11) is 0. The molecule has 29 heavy (non-hydrogen) atoms. The molecule has 0 radical (unpaired) electrons. The summed E-state index contributed by atoms with van der Waals surface area (Å²) < 4.78 is 0. The fourth-order valence-corrected chi connectivity index (χ4v) is 6.31. The van der Waals surface area contributed by atoms with Gasteiger partial charge in [-0.05, 0) is 96.1 Å². The topological polar surface area (TPSA) is 40.5 Å². The Labute approximate surface area is 180 Å². The highest BCUT2D eigenvalue weighted by Gasteiger charge is 2.11. The lowest BCUT2D eigenvalue weighted by molar-refractivity contribution is 0.475. The Morgan fingerprint density at radius 1 is 0.345 bits per heavy atom. The molecular weight excluding hydrogens is 416 g/mol. The number of rotatable bonds is 4. The lowest BCUT2D eigenvalue weighted by Gasteiger charge is -1.97. The number of benzene rings is 2. The Hall–Kier alpha value is -2.86. The van der Waals surface area contributed by atoms with Gasteiger partial charge in [0.15, 0.2) is 0 Å². The number of aromatic hydroxyl groups is 2. The van der Waals surface area contributed by atoms with Crippen LogP contribution in [0, 0.1) is 0 Å². The molecular formula is C24H16O2S3. The molecule has 2 aromatic carbocycles. The van der Waals surface area contributed by atoms with E-state index in [9.17, 15) is 10.2 Å². The van der Waals surface area contributed by atoms with Gasteiger partial charge in [-0.1, -0.05) is 0 Å². The first-order chi connectivity index (χ1) is 14.2. The van der Waals surface area contributed by atoms with Gasteiger partial charge in [0, 0.05) is 29.3 Å². The molecule has 0 fully saturated rings. The van der Waals surface area contributed by atoms with Crippen molar-refractivity contribution in [1.82, 2.24) is 0 Å². The Balaban J connectivity index is 1.40. The molecule has 142 valence electrons. The van der Waals surface area contributed by atoms with E-state index in [0.29, 0.717) is 0 Å². The molecule has 2 nitrogen and oxygen atoms in total. The highest BCUT2D eigenvalue weighted by atomic mass is 32.1. The standard InChI is InChI=1S/C24H16O2S3/c25-17-5-1-15(2-6-17)19-9-11-21(27-19)23-13-14-24(29-23)22-12-10-20(28-22)16-3-7-18(26)8-4-16/h1-14,25-26H. The van der Waals surface area contributed by atoms with Crippen molar-refractivity contribution in [2.45, 2.75) is 0 Å². The largest absolute Gasteiger partial charge is 0.508 e. The Morgan fingerprint density at radius 3 is 0.966 bits per heavy atom. The van der Waals surface area contributed by atoms with Crippen molar-refractivity contribution in [3.8, 4) is 51.9 Å². The maximum Gasteiger partial charge on any atom is 0.115 e. The molecule has 5 heteroatoms. The lowest BCUT2D eigenvalue weighted by atomic mass is 10.2. The number of phenolic OH excluding ortho intramolecular Hbond substituents is 2. The Bertz CT molecular complexity index is 1160. The highest BCUT2D eigenvalue weighted by Crippen LogP contribution is 2.43. The first-order valence-corrected chi connectivity index (χ1v) is 11.5. The summed E-state index contributed by atoms with van der Waals surface area (Å²) in [6, 6.07) is 27.7. The van der Waals surface area contributed by atoms with Crippen molar-refractivity contribution in [3.63, 3.8) is 0 Å². The van der Waals surface area contributed by atoms with E-state index in [1.165, 1.54) is 29.3 Å². The van der Waals surface area contributed by atoms with Crippen LogP contribution < -0.4 is 0 Å². The number of thiophene rings is 3. The number of phenols is 2. The van der Waals surface area contributed by atoms with Gasteiger partial charge >= 0.3 is 0 Å². The minimum absolute atomic E-state index is 0.288. The van der Waals surface area contributed by atoms with Gasteiger partial charge in [-0.3, -0.25) is 0 Å². The van der Waals surface area contributed by atoms with Crippen LogP contribution in [0.2, 0.25) is 0 Å². The first kappa shape index (κ1) is 18.2. The Morgan fingerprint density at radius 2 is 0.621 bits per heavy atom. The third kappa shape index (κ3) is 3.72. The summed E-state index contributed by atoms with van der Waals surface area (Å²) in [5.74, 6) is 0.576. The van der Waals surface area contributed by atoms with Gasteiger partial charge in [-0.2, -0.15) is 0 Å². The van der Waals surface area contributed by atoms with Gasteiger partial charge < -0.3 is 10.2 Å². The number of hydrogen-bond acceptors (Lipinski definition) is 5. The van der Waals surface area contributed by atoms with E-state index in [1.807, 2.05) is 24.3 Å². The van der Waals surface area contributed by atoms with Crippen molar-refractivity contribution in [2.75, 3.05) is 0 Å². The van der Waals surface area contributed by atoms with E-state index in [0.717, 1.165) is 11.1 Å². The van der Waals surface area contributed by atoms with Crippen molar-refractivity contribution in [3.05, 3.63) is 84.9 Å². The van der Waals surface area contributed by atoms with E-state index in [1.54, 1.807) is 58.3 Å². The molecule has 3 heterocycles. The summed E-state index contributed by atoms with van der Waals surface area (Å²) in [6.07, 6.45) is 0. The zero-order valence-corrected chi connectivity index (χ0v) is 17.7. The minimum Gasteiger partial charge on any atom is -0.508 e. The van der Waals surface area contributed by atoms with Crippen LogP contribution in [0.25, 0.3) is 40.4 Å². The zero-order chi connectivity index (χ0) is 19.8. The van der Waals surface area contributed by atoms with E-state index in [2.05, 4.69) is 36.4 Å². The molecule has 0 aliphatic rings. The smallest absolute Gasteiger partial charge is 0.115 e. The summed E-state index contributed by atoms with van der Waals surface area (Å²) in [5.41, 5.74) is 2.24. The summed E-state index contributed by atoms with van der Waals surface area (Å²) in [4.78, 5) is 7.41. The second-order valence-electron chi connectivity index (χ2n) is 6.59. The molecule has 0 spiro atoms. The predicted molar refractivity (Wildman–Crippen MR) is 125 cm³/mol. The van der Waals surface area contributed by atoms with Crippen LogP contribution in [0.15, 0.2) is 84.9 Å². The van der Waals surface area contributed by atoms with E-state index in [-0.39, 0.29) is 11.5 Å². The van der Waals surface area contributed by atoms with Gasteiger partial charge in [0.2, 0.25) is 0 Å². The molecule has 0 saturated heterocycles. The molecule has 3 aromatic heterocycles. The zero-order valence-electron chi connectivity index (χ0n) is 15.2. The van der Waals surface area contributed by atoms with Crippen LogP contribution in [0.4, 0.5) is 0 Å². The maximum absolute atomic E-state index is 9.48. The maximum atomic E-state index is 9.48. The van der Waals surface area contributed by atoms with Gasteiger partial charge in [-0.15, -0.1) is 34.0 Å². The van der Waals surface area contributed by atoms with E-state index < -0.39 is 0 Å². The van der Waals surface area contributed by atoms with Gasteiger partial charge in [-0.25, -0.2) is 0 Å². The molecule has 0 unspecified atom stereocenters. The second kappa shape index (κ2) is 7.52. The van der Waals surface area contributed by atoms with Crippen molar-refractivity contribution >= 4 is 34.0 Å². The molecule has 0 saturated carbocycles. The summed E-state index contributed by atoms with van der Waals surface area (Å²) in [6.45, 7) is 0. The SMILES string of the molecule is Oc1ccc(-c2ccc(-c3ccc(-c4ccc(-c5ccc(O)cc5)s4)s3)s2)cc1. The molecule has 2 N–H and O–H groups in total. The van der Waals surface area contributed by atoms with Crippen LogP contribution in [-0.2, 0) is 0 Å².